The molecule has 2 aliphatic rings. The van der Waals surface area contributed by atoms with Gasteiger partial charge in [-0.1, -0.05) is 0 Å². The number of nitrogens with zero attached hydrogens (tertiary/aromatic N) is 2. The van der Waals surface area contributed by atoms with Crippen LogP contribution in [0.1, 0.15) is 46.4 Å². The lowest BCUT2D eigenvalue weighted by Gasteiger charge is -2.53. The molecule has 0 spiro atoms. The summed E-state index contributed by atoms with van der Waals surface area (Å²) in [5, 5.41) is 13.6. The maximum atomic E-state index is 13.1. The number of anilines is 1. The third-order valence-corrected chi connectivity index (χ3v) is 7.29. The standard InChI is InChI=1S/C26H30N10O5/c1-12(37)32-25-31-11-18(34-25)19-14(9-29-22(39)16-5-3-7-27-16)15(10-30-23(40)17-6-4-8-28-17)20(19)21-24(41)36-26(35-21)33-13(2)38/h3-8,11,14-15,19-21,27-28H,9-10H2,1-2H3,(H,29,39)(H,30,40)(H2,31,32,34,37)(H2,33,35,36,38,41). The van der Waals surface area contributed by atoms with Gasteiger partial charge in [0, 0.05) is 56.9 Å². The normalized spacial score (nSPS) is 23.1. The number of carbonyl (C=O) groups excluding carboxylic acids is 5. The highest BCUT2D eigenvalue weighted by Crippen LogP contribution is 2.54. The van der Waals surface area contributed by atoms with Gasteiger partial charge in [-0.05, 0) is 36.1 Å². The van der Waals surface area contributed by atoms with Crippen LogP contribution in [0.4, 0.5) is 5.95 Å². The van der Waals surface area contributed by atoms with Gasteiger partial charge in [-0.25, -0.2) is 9.98 Å². The highest BCUT2D eigenvalue weighted by Gasteiger charge is 2.57. The molecule has 1 fully saturated rings. The van der Waals surface area contributed by atoms with Gasteiger partial charge in [-0.15, -0.1) is 0 Å². The first-order valence-electron chi connectivity index (χ1n) is 13.0. The fourth-order valence-corrected chi connectivity index (χ4v) is 5.59. The van der Waals surface area contributed by atoms with Crippen molar-refractivity contribution in [2.24, 2.45) is 22.7 Å². The molecule has 15 heteroatoms. The van der Waals surface area contributed by atoms with Crippen LogP contribution in [0.5, 0.6) is 0 Å². The van der Waals surface area contributed by atoms with Crippen molar-refractivity contribution in [3.05, 3.63) is 59.9 Å². The second-order valence-corrected chi connectivity index (χ2v) is 9.98. The Balaban J connectivity index is 1.45. The van der Waals surface area contributed by atoms with Crippen molar-refractivity contribution in [3.8, 4) is 0 Å². The summed E-state index contributed by atoms with van der Waals surface area (Å²) in [4.78, 5) is 79.4. The Morgan fingerprint density at radius 1 is 0.878 bits per heavy atom. The van der Waals surface area contributed by atoms with Gasteiger partial charge in [0.25, 0.3) is 17.7 Å². The van der Waals surface area contributed by atoms with E-state index in [4.69, 9.17) is 0 Å². The zero-order valence-corrected chi connectivity index (χ0v) is 22.3. The number of aromatic nitrogens is 4. The Kier molecular flexibility index (Phi) is 7.67. The molecule has 5 atom stereocenters. The summed E-state index contributed by atoms with van der Waals surface area (Å²) in [6.45, 7) is 3.07. The largest absolute Gasteiger partial charge is 0.357 e. The molecule has 3 aromatic heterocycles. The Labute approximate surface area is 233 Å². The van der Waals surface area contributed by atoms with E-state index in [2.05, 4.69) is 51.5 Å². The molecule has 15 nitrogen and oxygen atoms in total. The minimum atomic E-state index is -0.892. The van der Waals surface area contributed by atoms with E-state index < -0.39 is 17.9 Å². The lowest BCUT2D eigenvalue weighted by atomic mass is 9.53. The third-order valence-electron chi connectivity index (χ3n) is 7.29. The number of H-pyrrole nitrogens is 3. The SMILES string of the molecule is CC(=O)NC1=NC(C2C(CNC(=O)c3ccc[nH]3)C(CNC(=O)c3ccc[nH]3)C2c2cnc(NC(C)=O)[nH]2)C(=O)N1. The van der Waals surface area contributed by atoms with Crippen LogP contribution in [0.25, 0.3) is 0 Å². The third kappa shape index (κ3) is 5.88. The van der Waals surface area contributed by atoms with Crippen LogP contribution in [-0.4, -0.2) is 74.6 Å². The molecule has 5 rings (SSSR count). The Bertz CT molecular complexity index is 1480. The van der Waals surface area contributed by atoms with Gasteiger partial charge in [0.2, 0.25) is 23.7 Å². The average molecular weight is 563 g/mol. The molecule has 0 saturated heterocycles. The summed E-state index contributed by atoms with van der Waals surface area (Å²) in [5.41, 5.74) is 1.40. The van der Waals surface area contributed by atoms with Gasteiger partial charge in [-0.2, -0.15) is 0 Å². The summed E-state index contributed by atoms with van der Waals surface area (Å²) in [7, 11) is 0. The summed E-state index contributed by atoms with van der Waals surface area (Å²) < 4.78 is 0. The van der Waals surface area contributed by atoms with E-state index in [0.29, 0.717) is 17.1 Å². The molecule has 0 aromatic carbocycles. The van der Waals surface area contributed by atoms with Gasteiger partial charge in [-0.3, -0.25) is 39.9 Å². The van der Waals surface area contributed by atoms with Crippen LogP contribution in [0.3, 0.4) is 0 Å². The van der Waals surface area contributed by atoms with Crippen molar-refractivity contribution in [2.75, 3.05) is 18.4 Å². The average Bonchev–Trinajstić information content (AvgIpc) is 3.72. The van der Waals surface area contributed by atoms with Crippen LogP contribution in [0, 0.1) is 17.8 Å². The Morgan fingerprint density at radius 3 is 2.05 bits per heavy atom. The van der Waals surface area contributed by atoms with E-state index in [1.165, 1.54) is 13.8 Å². The molecule has 1 saturated carbocycles. The smallest absolute Gasteiger partial charge is 0.267 e. The van der Waals surface area contributed by atoms with E-state index in [0.717, 1.165) is 0 Å². The van der Waals surface area contributed by atoms with Crippen LogP contribution in [0.2, 0.25) is 0 Å². The van der Waals surface area contributed by atoms with Gasteiger partial charge >= 0.3 is 0 Å². The number of aromatic amines is 3. The summed E-state index contributed by atoms with van der Waals surface area (Å²) in [6, 6.07) is 5.83. The van der Waals surface area contributed by atoms with E-state index in [9.17, 15) is 24.0 Å². The van der Waals surface area contributed by atoms with Gasteiger partial charge in [0.05, 0.1) is 6.20 Å². The molecule has 0 bridgehead atoms. The van der Waals surface area contributed by atoms with Crippen molar-refractivity contribution in [3.63, 3.8) is 0 Å². The molecule has 5 unspecified atom stereocenters. The minimum absolute atomic E-state index is 0.0486. The van der Waals surface area contributed by atoms with Crippen LogP contribution >= 0.6 is 0 Å². The predicted octanol–water partition coefficient (Wildman–Crippen LogP) is -0.179. The van der Waals surface area contributed by atoms with Crippen LogP contribution < -0.4 is 26.6 Å². The fourth-order valence-electron chi connectivity index (χ4n) is 5.59. The lowest BCUT2D eigenvalue weighted by Crippen LogP contribution is -2.59. The molecule has 4 heterocycles. The predicted molar refractivity (Wildman–Crippen MR) is 146 cm³/mol. The number of hydrogen-bond donors (Lipinski definition) is 8. The molecular formula is C26H30N10O5. The van der Waals surface area contributed by atoms with Crippen molar-refractivity contribution < 1.29 is 24.0 Å². The van der Waals surface area contributed by atoms with Crippen molar-refractivity contribution in [1.29, 1.82) is 0 Å². The van der Waals surface area contributed by atoms with Crippen molar-refractivity contribution >= 4 is 41.4 Å². The first-order chi connectivity index (χ1) is 19.7. The van der Waals surface area contributed by atoms with Crippen molar-refractivity contribution in [1.82, 2.24) is 41.2 Å². The maximum absolute atomic E-state index is 13.1. The van der Waals surface area contributed by atoms with Crippen LogP contribution in [0.15, 0.2) is 47.8 Å². The van der Waals surface area contributed by atoms with Crippen LogP contribution in [-0.2, 0) is 14.4 Å². The number of guanidine groups is 1. The quantitative estimate of drug-likeness (QED) is 0.177. The topological polar surface area (TPSA) is 218 Å². The summed E-state index contributed by atoms with van der Waals surface area (Å²) in [6.07, 6.45) is 4.86. The van der Waals surface area contributed by atoms with E-state index >= 15 is 0 Å². The molecule has 1 aliphatic heterocycles. The minimum Gasteiger partial charge on any atom is -0.357 e. The van der Waals surface area contributed by atoms with Gasteiger partial charge in [0.1, 0.15) is 17.4 Å². The Morgan fingerprint density at radius 2 is 1.49 bits per heavy atom. The highest BCUT2D eigenvalue weighted by molar-refractivity contribution is 6.09. The molecule has 3 aromatic rings. The van der Waals surface area contributed by atoms with Gasteiger partial charge < -0.3 is 25.6 Å². The van der Waals surface area contributed by atoms with E-state index in [1.807, 2.05) is 0 Å². The van der Waals surface area contributed by atoms with Crippen molar-refractivity contribution in [2.45, 2.75) is 25.8 Å². The molecule has 214 valence electrons. The molecule has 5 amide bonds. The monoisotopic (exact) mass is 562 g/mol. The highest BCUT2D eigenvalue weighted by atomic mass is 16.2. The lowest BCUT2D eigenvalue weighted by molar-refractivity contribution is -0.124. The second-order valence-electron chi connectivity index (χ2n) is 9.98. The van der Waals surface area contributed by atoms with E-state index in [1.54, 1.807) is 42.9 Å². The number of amides is 5. The number of hydrogen-bond acceptors (Lipinski definition) is 7. The first kappa shape index (κ1) is 27.4. The van der Waals surface area contributed by atoms with Gasteiger partial charge in [0.15, 0.2) is 0 Å². The molecule has 8 N–H and O–H groups in total. The number of carbonyl (C=O) groups is 5. The maximum Gasteiger partial charge on any atom is 0.267 e. The zero-order valence-electron chi connectivity index (χ0n) is 22.3. The van der Waals surface area contributed by atoms with E-state index in [-0.39, 0.29) is 66.4 Å². The Hall–Kier alpha value is -5.21. The number of imidazole rings is 1. The summed E-state index contributed by atoms with van der Waals surface area (Å²) >= 11 is 0. The number of nitrogens with one attached hydrogen (secondary N) is 8. The fraction of sp³-hybridized carbons (Fsp3) is 0.346. The zero-order chi connectivity index (χ0) is 29.1. The number of aliphatic imine (C=N–C) groups is 1. The molecular weight excluding hydrogens is 532 g/mol. The molecule has 41 heavy (non-hydrogen) atoms. The second kappa shape index (κ2) is 11.5. The molecule has 0 radical (unpaired) electrons. The first-order valence-corrected chi connectivity index (χ1v) is 13.0. The molecule has 1 aliphatic carbocycles. The number of rotatable bonds is 9. The summed E-state index contributed by atoms with van der Waals surface area (Å²) in [5.74, 6) is -2.85.